The van der Waals surface area contributed by atoms with Crippen molar-refractivity contribution in [3.05, 3.63) is 64.1 Å². The minimum absolute atomic E-state index is 0.0761. The van der Waals surface area contributed by atoms with Crippen molar-refractivity contribution >= 4 is 34.4 Å². The van der Waals surface area contributed by atoms with Gasteiger partial charge in [0.05, 0.1) is 11.4 Å². The van der Waals surface area contributed by atoms with E-state index >= 15 is 0 Å². The molecule has 0 fully saturated rings. The number of hydrogen-bond acceptors (Lipinski definition) is 3. The second kappa shape index (κ2) is 6.46. The first kappa shape index (κ1) is 17.9. The molecule has 3 rings (SSSR count). The number of aliphatic carboxylic acids is 1. The van der Waals surface area contributed by atoms with Gasteiger partial charge in [0.1, 0.15) is 0 Å². The highest BCUT2D eigenvalue weighted by Crippen LogP contribution is 2.37. The summed E-state index contributed by atoms with van der Waals surface area (Å²) >= 11 is 5.95. The molecule has 0 spiro atoms. The highest BCUT2D eigenvalue weighted by Gasteiger charge is 2.29. The van der Waals surface area contributed by atoms with Crippen molar-refractivity contribution in [2.24, 2.45) is 0 Å². The Balaban J connectivity index is 2.37. The molecule has 2 N–H and O–H groups in total. The second-order valence-corrected chi connectivity index (χ2v) is 6.44. The number of halogens is 2. The minimum atomic E-state index is -1.16. The van der Waals surface area contributed by atoms with Crippen molar-refractivity contribution in [1.29, 1.82) is 0 Å². The van der Waals surface area contributed by atoms with Gasteiger partial charge in [-0.2, -0.15) is 0 Å². The van der Waals surface area contributed by atoms with Gasteiger partial charge in [0, 0.05) is 21.7 Å². The average Bonchev–Trinajstić information content (AvgIpc) is 2.89. The van der Waals surface area contributed by atoms with Crippen LogP contribution in [0.5, 0.6) is 5.75 Å². The first-order valence-electron chi connectivity index (χ1n) is 7.79. The standard InChI is InChI=1S/C19H15ClFNO4/c1-9(19(25)26)15-10(2)22(13-6-7-14(23)17(21)16(13)15)18(24)11-4-3-5-12(20)8-11/h3-9,23H,1-2H3,(H,25,26). The van der Waals surface area contributed by atoms with E-state index in [1.165, 1.54) is 23.6 Å². The molecule has 3 aromatic rings. The molecule has 0 aliphatic rings. The zero-order valence-electron chi connectivity index (χ0n) is 14.0. The Hall–Kier alpha value is -2.86. The second-order valence-electron chi connectivity index (χ2n) is 6.00. The molecule has 0 amide bonds. The number of carboxylic acids is 1. The Morgan fingerprint density at radius 3 is 2.54 bits per heavy atom. The van der Waals surface area contributed by atoms with E-state index in [1.54, 1.807) is 25.1 Å². The normalized spacial score (nSPS) is 12.3. The number of rotatable bonds is 3. The molecule has 7 heteroatoms. The summed E-state index contributed by atoms with van der Waals surface area (Å²) in [7, 11) is 0. The van der Waals surface area contributed by atoms with Gasteiger partial charge >= 0.3 is 5.97 Å². The number of nitrogens with zero attached hydrogens (tertiary/aromatic N) is 1. The van der Waals surface area contributed by atoms with Crippen molar-refractivity contribution in [1.82, 2.24) is 4.57 Å². The van der Waals surface area contributed by atoms with E-state index in [2.05, 4.69) is 0 Å². The maximum atomic E-state index is 14.6. The molecule has 0 aliphatic heterocycles. The maximum Gasteiger partial charge on any atom is 0.310 e. The fourth-order valence-electron chi connectivity index (χ4n) is 3.15. The zero-order valence-corrected chi connectivity index (χ0v) is 14.7. The van der Waals surface area contributed by atoms with Crippen LogP contribution in [0.4, 0.5) is 4.39 Å². The van der Waals surface area contributed by atoms with Gasteiger partial charge in [-0.05, 0) is 49.7 Å². The number of carbonyl (C=O) groups excluding carboxylic acids is 1. The Bertz CT molecular complexity index is 1060. The summed E-state index contributed by atoms with van der Waals surface area (Å²) < 4.78 is 15.9. The Morgan fingerprint density at radius 2 is 1.92 bits per heavy atom. The van der Waals surface area contributed by atoms with Crippen molar-refractivity contribution < 1.29 is 24.2 Å². The summed E-state index contributed by atoms with van der Waals surface area (Å²) in [4.78, 5) is 24.5. The molecule has 1 heterocycles. The molecule has 134 valence electrons. The van der Waals surface area contributed by atoms with Crippen LogP contribution in [0.2, 0.25) is 5.02 Å². The number of hydrogen-bond donors (Lipinski definition) is 2. The van der Waals surface area contributed by atoms with Crippen LogP contribution in [-0.2, 0) is 4.79 Å². The van der Waals surface area contributed by atoms with E-state index in [0.29, 0.717) is 10.7 Å². The minimum Gasteiger partial charge on any atom is -0.505 e. The summed E-state index contributed by atoms with van der Waals surface area (Å²) in [5.41, 5.74) is 0.909. The number of aromatic hydroxyl groups is 1. The average molecular weight is 376 g/mol. The molecule has 1 aromatic heterocycles. The highest BCUT2D eigenvalue weighted by atomic mass is 35.5. The van der Waals surface area contributed by atoms with Crippen LogP contribution >= 0.6 is 11.6 Å². The topological polar surface area (TPSA) is 79.5 Å². The molecule has 1 unspecified atom stereocenters. The zero-order chi connectivity index (χ0) is 19.2. The molecule has 0 saturated carbocycles. The smallest absolute Gasteiger partial charge is 0.310 e. The highest BCUT2D eigenvalue weighted by molar-refractivity contribution is 6.31. The van der Waals surface area contributed by atoms with Gasteiger partial charge in [-0.25, -0.2) is 4.39 Å². The van der Waals surface area contributed by atoms with Crippen LogP contribution in [0.25, 0.3) is 10.9 Å². The summed E-state index contributed by atoms with van der Waals surface area (Å²) in [6.45, 7) is 2.95. The van der Waals surface area contributed by atoms with Gasteiger partial charge in [0.25, 0.3) is 5.91 Å². The first-order chi connectivity index (χ1) is 12.2. The number of aromatic nitrogens is 1. The lowest BCUT2D eigenvalue weighted by Crippen LogP contribution is -2.15. The summed E-state index contributed by atoms with van der Waals surface area (Å²) in [5.74, 6) is -4.26. The molecular formula is C19H15ClFNO4. The van der Waals surface area contributed by atoms with Gasteiger partial charge in [0.2, 0.25) is 0 Å². The largest absolute Gasteiger partial charge is 0.505 e. The van der Waals surface area contributed by atoms with Crippen molar-refractivity contribution in [2.75, 3.05) is 0 Å². The Labute approximate surface area is 153 Å². The number of benzene rings is 2. The fraction of sp³-hybridized carbons (Fsp3) is 0.158. The fourth-order valence-corrected chi connectivity index (χ4v) is 3.34. The Morgan fingerprint density at radius 1 is 1.23 bits per heavy atom. The van der Waals surface area contributed by atoms with Crippen LogP contribution in [-0.4, -0.2) is 26.7 Å². The van der Waals surface area contributed by atoms with Crippen molar-refractivity contribution in [2.45, 2.75) is 19.8 Å². The van der Waals surface area contributed by atoms with E-state index in [1.807, 2.05) is 0 Å². The summed E-state index contributed by atoms with van der Waals surface area (Å²) in [6, 6.07) is 8.80. The quantitative estimate of drug-likeness (QED) is 0.714. The molecule has 26 heavy (non-hydrogen) atoms. The van der Waals surface area contributed by atoms with E-state index in [9.17, 15) is 24.2 Å². The van der Waals surface area contributed by atoms with Gasteiger partial charge in [-0.15, -0.1) is 0 Å². The van der Waals surface area contributed by atoms with Crippen molar-refractivity contribution in [3.63, 3.8) is 0 Å². The van der Waals surface area contributed by atoms with Crippen LogP contribution < -0.4 is 0 Å². The first-order valence-corrected chi connectivity index (χ1v) is 8.17. The molecule has 0 saturated heterocycles. The van der Waals surface area contributed by atoms with Crippen LogP contribution in [0.3, 0.4) is 0 Å². The molecule has 2 aromatic carbocycles. The molecule has 0 bridgehead atoms. The van der Waals surface area contributed by atoms with E-state index in [4.69, 9.17) is 11.6 Å². The third-order valence-corrected chi connectivity index (χ3v) is 4.65. The van der Waals surface area contributed by atoms with E-state index in [0.717, 1.165) is 6.07 Å². The van der Waals surface area contributed by atoms with Crippen LogP contribution in [0, 0.1) is 12.7 Å². The number of phenolic OH excluding ortho intramolecular Hbond substituents is 1. The number of phenols is 1. The lowest BCUT2D eigenvalue weighted by molar-refractivity contribution is -0.138. The summed E-state index contributed by atoms with van der Waals surface area (Å²) in [6.07, 6.45) is 0. The molecule has 0 aliphatic carbocycles. The van der Waals surface area contributed by atoms with Gasteiger partial charge in [0.15, 0.2) is 11.6 Å². The van der Waals surface area contributed by atoms with Crippen LogP contribution in [0.1, 0.15) is 34.5 Å². The number of carboxylic acid groups (broad SMARTS) is 1. The predicted octanol–water partition coefficient (Wildman–Crippen LogP) is 4.32. The lowest BCUT2D eigenvalue weighted by atomic mass is 9.97. The molecule has 0 radical (unpaired) electrons. The third-order valence-electron chi connectivity index (χ3n) is 4.41. The SMILES string of the molecule is Cc1c(C(C)C(=O)O)c2c(F)c(O)ccc2n1C(=O)c1cccc(Cl)c1. The van der Waals surface area contributed by atoms with E-state index < -0.39 is 29.4 Å². The van der Waals surface area contributed by atoms with Gasteiger partial charge in [-0.3, -0.25) is 14.2 Å². The summed E-state index contributed by atoms with van der Waals surface area (Å²) in [5, 5.41) is 19.4. The third kappa shape index (κ3) is 2.72. The molecular weight excluding hydrogens is 361 g/mol. The van der Waals surface area contributed by atoms with Gasteiger partial charge < -0.3 is 10.2 Å². The molecule has 5 nitrogen and oxygen atoms in total. The van der Waals surface area contributed by atoms with E-state index in [-0.39, 0.29) is 22.0 Å². The van der Waals surface area contributed by atoms with Crippen LogP contribution in [0.15, 0.2) is 36.4 Å². The van der Waals surface area contributed by atoms with Crippen molar-refractivity contribution in [3.8, 4) is 5.75 Å². The number of carbonyl (C=O) groups is 2. The number of fused-ring (bicyclic) bond motifs is 1. The van der Waals surface area contributed by atoms with Gasteiger partial charge in [-0.1, -0.05) is 17.7 Å². The lowest BCUT2D eigenvalue weighted by Gasteiger charge is -2.09. The Kier molecular flexibility index (Phi) is 4.46. The predicted molar refractivity (Wildman–Crippen MR) is 95.5 cm³/mol. The monoisotopic (exact) mass is 375 g/mol. The molecule has 1 atom stereocenters. The maximum absolute atomic E-state index is 14.6.